The summed E-state index contributed by atoms with van der Waals surface area (Å²) in [7, 11) is -3.83. The van der Waals surface area contributed by atoms with E-state index >= 15 is 0 Å². The summed E-state index contributed by atoms with van der Waals surface area (Å²) in [4.78, 5) is 2.24. The highest BCUT2D eigenvalue weighted by molar-refractivity contribution is 7.89. The van der Waals surface area contributed by atoms with Gasteiger partial charge in [0.15, 0.2) is 0 Å². The molecular weight excluding hydrogens is 338 g/mol. The molecule has 0 spiro atoms. The van der Waals surface area contributed by atoms with Gasteiger partial charge in [0.2, 0.25) is 10.0 Å². The lowest BCUT2D eigenvalue weighted by molar-refractivity contribution is -0.0518. The fraction of sp³-hybridized carbons (Fsp3) is 0.625. The van der Waals surface area contributed by atoms with Crippen LogP contribution < -0.4 is 4.74 Å². The topological polar surface area (TPSA) is 49.9 Å². The van der Waals surface area contributed by atoms with Gasteiger partial charge >= 0.3 is 6.61 Å². The molecule has 24 heavy (non-hydrogen) atoms. The molecule has 2 heterocycles. The van der Waals surface area contributed by atoms with Crippen molar-refractivity contribution in [1.82, 2.24) is 9.21 Å². The second kappa shape index (κ2) is 7.33. The van der Waals surface area contributed by atoms with E-state index < -0.39 is 16.6 Å². The minimum Gasteiger partial charge on any atom is -0.433 e. The molecule has 0 N–H and O–H groups in total. The molecule has 0 atom stereocenters. The van der Waals surface area contributed by atoms with Crippen molar-refractivity contribution < 1.29 is 21.9 Å². The van der Waals surface area contributed by atoms with Crippen molar-refractivity contribution in [3.05, 3.63) is 24.3 Å². The van der Waals surface area contributed by atoms with Gasteiger partial charge in [-0.1, -0.05) is 12.1 Å². The third-order valence-electron chi connectivity index (χ3n) is 4.76. The van der Waals surface area contributed by atoms with Crippen LogP contribution in [0.4, 0.5) is 8.78 Å². The predicted octanol–water partition coefficient (Wildman–Crippen LogP) is 2.54. The lowest BCUT2D eigenvalue weighted by Gasteiger charge is -2.36. The van der Waals surface area contributed by atoms with E-state index in [1.807, 2.05) is 0 Å². The quantitative estimate of drug-likeness (QED) is 0.810. The van der Waals surface area contributed by atoms with Gasteiger partial charge in [-0.25, -0.2) is 8.42 Å². The van der Waals surface area contributed by atoms with Crippen molar-refractivity contribution in [2.24, 2.45) is 0 Å². The van der Waals surface area contributed by atoms with Crippen LogP contribution in [0, 0.1) is 0 Å². The van der Waals surface area contributed by atoms with Crippen LogP contribution in [0.1, 0.15) is 25.7 Å². The molecule has 0 aliphatic carbocycles. The van der Waals surface area contributed by atoms with Gasteiger partial charge in [0, 0.05) is 19.1 Å². The number of nitrogens with zero attached hydrogens (tertiary/aromatic N) is 2. The van der Waals surface area contributed by atoms with Crippen LogP contribution in [0.15, 0.2) is 29.2 Å². The Morgan fingerprint density at radius 3 is 2.29 bits per heavy atom. The highest BCUT2D eigenvalue weighted by Gasteiger charge is 2.34. The van der Waals surface area contributed by atoms with Crippen molar-refractivity contribution in [2.45, 2.75) is 43.2 Å². The molecule has 1 aromatic carbocycles. The maximum absolute atomic E-state index is 12.8. The molecule has 0 radical (unpaired) electrons. The summed E-state index contributed by atoms with van der Waals surface area (Å²) < 4.78 is 56.4. The SMILES string of the molecule is O=S(=O)(c1ccccc1OC(F)F)N1CCC(N2CCCC2)CC1. The minimum absolute atomic E-state index is 0.190. The van der Waals surface area contributed by atoms with E-state index in [1.165, 1.54) is 41.4 Å². The van der Waals surface area contributed by atoms with Crippen LogP contribution in [0.25, 0.3) is 0 Å². The summed E-state index contributed by atoms with van der Waals surface area (Å²) in [6.45, 7) is -0.0634. The number of hydrogen-bond donors (Lipinski definition) is 0. The first-order chi connectivity index (χ1) is 11.5. The molecule has 0 bridgehead atoms. The Labute approximate surface area is 141 Å². The molecule has 0 saturated carbocycles. The second-order valence-corrected chi connectivity index (χ2v) is 8.11. The number of halogens is 2. The molecular formula is C16H22F2N2O3S. The Kier molecular flexibility index (Phi) is 5.36. The first-order valence-electron chi connectivity index (χ1n) is 8.26. The van der Waals surface area contributed by atoms with Gasteiger partial charge in [-0.3, -0.25) is 0 Å². The van der Waals surface area contributed by atoms with Crippen molar-refractivity contribution in [2.75, 3.05) is 26.2 Å². The average Bonchev–Trinajstić information content (AvgIpc) is 3.09. The molecule has 2 aliphatic rings. The summed E-state index contributed by atoms with van der Waals surface area (Å²) >= 11 is 0. The van der Waals surface area contributed by atoms with E-state index in [4.69, 9.17) is 0 Å². The maximum atomic E-state index is 12.8. The Bertz CT molecular complexity index is 655. The zero-order chi connectivity index (χ0) is 17.2. The van der Waals surface area contributed by atoms with E-state index in [9.17, 15) is 17.2 Å². The number of alkyl halides is 2. The summed E-state index contributed by atoms with van der Waals surface area (Å²) in [6, 6.07) is 6.00. The molecule has 2 aliphatic heterocycles. The van der Waals surface area contributed by atoms with Crippen LogP contribution in [0.2, 0.25) is 0 Å². The zero-order valence-corrected chi connectivity index (χ0v) is 14.2. The molecule has 1 aromatic rings. The number of likely N-dealkylation sites (tertiary alicyclic amines) is 1. The number of rotatable bonds is 5. The Morgan fingerprint density at radius 2 is 1.67 bits per heavy atom. The van der Waals surface area contributed by atoms with Gasteiger partial charge in [-0.2, -0.15) is 13.1 Å². The van der Waals surface area contributed by atoms with Gasteiger partial charge < -0.3 is 9.64 Å². The van der Waals surface area contributed by atoms with Crippen molar-refractivity contribution >= 4 is 10.0 Å². The summed E-state index contributed by atoms with van der Waals surface area (Å²) in [5.41, 5.74) is 0. The normalized spacial score (nSPS) is 21.5. The Balaban J connectivity index is 1.72. The summed E-state index contributed by atoms with van der Waals surface area (Å²) in [5.74, 6) is -0.297. The number of piperidine rings is 1. The minimum atomic E-state index is -3.83. The van der Waals surface area contributed by atoms with Gasteiger partial charge in [0.05, 0.1) is 0 Å². The molecule has 0 unspecified atom stereocenters. The largest absolute Gasteiger partial charge is 0.433 e. The fourth-order valence-corrected chi connectivity index (χ4v) is 5.14. The van der Waals surface area contributed by atoms with Crippen molar-refractivity contribution in [3.8, 4) is 5.75 Å². The molecule has 2 fully saturated rings. The number of ether oxygens (including phenoxy) is 1. The van der Waals surface area contributed by atoms with Crippen molar-refractivity contribution in [3.63, 3.8) is 0 Å². The third-order valence-corrected chi connectivity index (χ3v) is 6.70. The highest BCUT2D eigenvalue weighted by atomic mass is 32.2. The molecule has 134 valence electrons. The van der Waals surface area contributed by atoms with E-state index in [0.717, 1.165) is 25.9 Å². The Morgan fingerprint density at radius 1 is 1.04 bits per heavy atom. The smallest absolute Gasteiger partial charge is 0.387 e. The zero-order valence-electron chi connectivity index (χ0n) is 13.4. The molecule has 3 rings (SSSR count). The van der Waals surface area contributed by atoms with Crippen LogP contribution >= 0.6 is 0 Å². The van der Waals surface area contributed by atoms with E-state index in [1.54, 1.807) is 0 Å². The van der Waals surface area contributed by atoms with Crippen LogP contribution in [-0.2, 0) is 10.0 Å². The van der Waals surface area contributed by atoms with Gasteiger partial charge in [0.1, 0.15) is 10.6 Å². The average molecular weight is 360 g/mol. The summed E-state index contributed by atoms with van der Waals surface area (Å²) in [6.07, 6.45) is 3.96. The van der Waals surface area contributed by atoms with Gasteiger partial charge in [-0.15, -0.1) is 0 Å². The molecule has 5 nitrogen and oxygen atoms in total. The number of hydrogen-bond acceptors (Lipinski definition) is 4. The number of sulfonamides is 1. The first-order valence-corrected chi connectivity index (χ1v) is 9.70. The van der Waals surface area contributed by atoms with Crippen LogP contribution in [-0.4, -0.2) is 56.5 Å². The number of para-hydroxylation sites is 1. The van der Waals surface area contributed by atoms with Gasteiger partial charge in [-0.05, 0) is 50.9 Å². The lowest BCUT2D eigenvalue weighted by Crippen LogP contribution is -2.45. The van der Waals surface area contributed by atoms with Gasteiger partial charge in [0.25, 0.3) is 0 Å². The highest BCUT2D eigenvalue weighted by Crippen LogP contribution is 2.30. The third kappa shape index (κ3) is 3.70. The number of benzene rings is 1. The van der Waals surface area contributed by atoms with E-state index in [-0.39, 0.29) is 10.6 Å². The molecule has 2 saturated heterocycles. The van der Waals surface area contributed by atoms with Crippen molar-refractivity contribution in [1.29, 1.82) is 0 Å². The summed E-state index contributed by atoms with van der Waals surface area (Å²) in [5, 5.41) is 0. The monoisotopic (exact) mass is 360 g/mol. The first kappa shape index (κ1) is 17.6. The van der Waals surface area contributed by atoms with E-state index in [2.05, 4.69) is 9.64 Å². The lowest BCUT2D eigenvalue weighted by atomic mass is 10.1. The maximum Gasteiger partial charge on any atom is 0.387 e. The van der Waals surface area contributed by atoms with E-state index in [0.29, 0.717) is 19.1 Å². The molecule has 8 heteroatoms. The predicted molar refractivity (Wildman–Crippen MR) is 85.7 cm³/mol. The molecule has 0 aromatic heterocycles. The molecule has 0 amide bonds. The standard InChI is InChI=1S/C16H22F2N2O3S/c17-16(18)23-14-5-1-2-6-15(14)24(21,22)20-11-7-13(8-12-20)19-9-3-4-10-19/h1-2,5-6,13,16H,3-4,7-12H2. The Hall–Kier alpha value is -1.25. The van der Waals surface area contributed by atoms with Crippen LogP contribution in [0.3, 0.4) is 0 Å². The van der Waals surface area contributed by atoms with Crippen LogP contribution in [0.5, 0.6) is 5.75 Å². The second-order valence-electron chi connectivity index (χ2n) is 6.20. The fourth-order valence-electron chi connectivity index (χ4n) is 3.55.